The van der Waals surface area contributed by atoms with Crippen LogP contribution in [0.1, 0.15) is 37.3 Å². The summed E-state index contributed by atoms with van der Waals surface area (Å²) in [5, 5.41) is 3.22. The van der Waals surface area contributed by atoms with Crippen molar-refractivity contribution in [3.8, 4) is 0 Å². The molecule has 0 aliphatic heterocycles. The summed E-state index contributed by atoms with van der Waals surface area (Å²) in [5.74, 6) is 0.367. The van der Waals surface area contributed by atoms with Crippen LogP contribution < -0.4 is 5.32 Å². The largest absolute Gasteiger partial charge is 0.313 e. The van der Waals surface area contributed by atoms with E-state index in [1.54, 1.807) is 0 Å². The SMILES string of the molecule is CNC(c1cc(Br)ccc1I)C1CCCC(S(C)(=O)=O)C1. The molecular formula is C15H21BrINO2S. The molecule has 3 unspecified atom stereocenters. The van der Waals surface area contributed by atoms with E-state index in [0.29, 0.717) is 5.92 Å². The van der Waals surface area contributed by atoms with Gasteiger partial charge in [-0.15, -0.1) is 0 Å². The molecule has 1 saturated carbocycles. The van der Waals surface area contributed by atoms with Crippen LogP contribution in [0.3, 0.4) is 0 Å². The lowest BCUT2D eigenvalue weighted by molar-refractivity contribution is 0.282. The van der Waals surface area contributed by atoms with Crippen molar-refractivity contribution in [3.05, 3.63) is 31.8 Å². The molecule has 3 atom stereocenters. The average Bonchev–Trinajstić information content (AvgIpc) is 2.43. The normalized spacial score (nSPS) is 24.8. The summed E-state index contributed by atoms with van der Waals surface area (Å²) < 4.78 is 26.0. The summed E-state index contributed by atoms with van der Waals surface area (Å²) >= 11 is 5.89. The van der Waals surface area contributed by atoms with Crippen LogP contribution in [-0.4, -0.2) is 27.0 Å². The fourth-order valence-corrected chi connectivity index (χ4v) is 5.51. The van der Waals surface area contributed by atoms with Gasteiger partial charge >= 0.3 is 0 Å². The van der Waals surface area contributed by atoms with Crippen LogP contribution in [0.25, 0.3) is 0 Å². The second kappa shape index (κ2) is 7.27. The second-order valence-corrected chi connectivity index (χ2v) is 10.2. The van der Waals surface area contributed by atoms with Crippen molar-refractivity contribution in [2.75, 3.05) is 13.3 Å². The molecule has 118 valence electrons. The first-order valence-corrected chi connectivity index (χ1v) is 11.0. The number of rotatable bonds is 4. The highest BCUT2D eigenvalue weighted by Gasteiger charge is 2.33. The van der Waals surface area contributed by atoms with Crippen molar-refractivity contribution in [3.63, 3.8) is 0 Å². The zero-order valence-electron chi connectivity index (χ0n) is 12.3. The molecule has 2 rings (SSSR count). The summed E-state index contributed by atoms with van der Waals surface area (Å²) in [5.41, 5.74) is 1.26. The van der Waals surface area contributed by atoms with Crippen molar-refractivity contribution in [1.82, 2.24) is 5.32 Å². The Morgan fingerprint density at radius 3 is 2.71 bits per heavy atom. The Morgan fingerprint density at radius 2 is 2.10 bits per heavy atom. The van der Waals surface area contributed by atoms with Gasteiger partial charge in [-0.3, -0.25) is 0 Å². The maximum atomic E-state index is 11.9. The topological polar surface area (TPSA) is 46.2 Å². The highest BCUT2D eigenvalue weighted by atomic mass is 127. The Balaban J connectivity index is 2.27. The Bertz CT molecular complexity index is 606. The fourth-order valence-electron chi connectivity index (χ4n) is 3.27. The Labute approximate surface area is 149 Å². The molecule has 1 aromatic rings. The third kappa shape index (κ3) is 4.42. The molecule has 1 aliphatic carbocycles. The number of benzene rings is 1. The van der Waals surface area contributed by atoms with Gasteiger partial charge in [-0.1, -0.05) is 22.4 Å². The maximum absolute atomic E-state index is 11.9. The predicted molar refractivity (Wildman–Crippen MR) is 99.2 cm³/mol. The van der Waals surface area contributed by atoms with Crippen molar-refractivity contribution in [2.45, 2.75) is 37.0 Å². The van der Waals surface area contributed by atoms with Crippen molar-refractivity contribution < 1.29 is 8.42 Å². The predicted octanol–water partition coefficient (Wildman–Crippen LogP) is 3.92. The maximum Gasteiger partial charge on any atom is 0.150 e. The zero-order valence-corrected chi connectivity index (χ0v) is 16.8. The Morgan fingerprint density at radius 1 is 1.38 bits per heavy atom. The highest BCUT2D eigenvalue weighted by molar-refractivity contribution is 14.1. The van der Waals surface area contributed by atoms with E-state index in [1.165, 1.54) is 15.4 Å². The lowest BCUT2D eigenvalue weighted by Crippen LogP contribution is -2.34. The number of halogens is 2. The van der Waals surface area contributed by atoms with E-state index in [9.17, 15) is 8.42 Å². The van der Waals surface area contributed by atoms with E-state index in [-0.39, 0.29) is 11.3 Å². The zero-order chi connectivity index (χ0) is 15.6. The fraction of sp³-hybridized carbons (Fsp3) is 0.600. The van der Waals surface area contributed by atoms with Gasteiger partial charge in [-0.2, -0.15) is 0 Å². The second-order valence-electron chi connectivity index (χ2n) is 5.81. The first kappa shape index (κ1) is 17.7. The average molecular weight is 486 g/mol. The lowest BCUT2D eigenvalue weighted by Gasteiger charge is -2.34. The van der Waals surface area contributed by atoms with Crippen molar-refractivity contribution in [2.24, 2.45) is 5.92 Å². The highest BCUT2D eigenvalue weighted by Crippen LogP contribution is 2.38. The van der Waals surface area contributed by atoms with E-state index in [2.05, 4.69) is 56.0 Å². The minimum atomic E-state index is -2.94. The van der Waals surface area contributed by atoms with Gasteiger partial charge in [0.25, 0.3) is 0 Å². The molecule has 3 nitrogen and oxygen atoms in total. The van der Waals surface area contributed by atoms with Crippen LogP contribution in [0, 0.1) is 9.49 Å². The number of hydrogen-bond acceptors (Lipinski definition) is 3. The summed E-state index contributed by atoms with van der Waals surface area (Å²) in [6.45, 7) is 0. The van der Waals surface area contributed by atoms with Crippen LogP contribution in [0.4, 0.5) is 0 Å². The lowest BCUT2D eigenvalue weighted by atomic mass is 9.81. The van der Waals surface area contributed by atoms with Gasteiger partial charge in [0.2, 0.25) is 0 Å². The van der Waals surface area contributed by atoms with Gasteiger partial charge in [0.1, 0.15) is 9.84 Å². The minimum absolute atomic E-state index is 0.183. The minimum Gasteiger partial charge on any atom is -0.313 e. The molecular weight excluding hydrogens is 465 g/mol. The standard InChI is InChI=1S/C15H21BrINO2S/c1-18-15(13-9-11(16)6-7-14(13)17)10-4-3-5-12(8-10)21(2,19)20/h6-7,9-10,12,15,18H,3-5,8H2,1-2H3. The Hall–Kier alpha value is 0.340. The molecule has 0 spiro atoms. The van der Waals surface area contributed by atoms with E-state index in [0.717, 1.165) is 30.2 Å². The summed E-state index contributed by atoms with van der Waals surface area (Å²) in [6.07, 6.45) is 5.01. The van der Waals surface area contributed by atoms with Crippen molar-refractivity contribution >= 4 is 48.4 Å². The molecule has 1 fully saturated rings. The number of hydrogen-bond donors (Lipinski definition) is 1. The smallest absolute Gasteiger partial charge is 0.150 e. The van der Waals surface area contributed by atoms with Gasteiger partial charge in [0, 0.05) is 20.3 Å². The van der Waals surface area contributed by atoms with Gasteiger partial charge in [0.05, 0.1) is 5.25 Å². The van der Waals surface area contributed by atoms with Gasteiger partial charge in [0.15, 0.2) is 0 Å². The molecule has 0 amide bonds. The van der Waals surface area contributed by atoms with Crippen LogP contribution in [0.2, 0.25) is 0 Å². The summed E-state index contributed by atoms with van der Waals surface area (Å²) in [6, 6.07) is 6.49. The molecule has 0 bridgehead atoms. The van der Waals surface area contributed by atoms with Crippen LogP contribution >= 0.6 is 38.5 Å². The molecule has 1 aromatic carbocycles. The van der Waals surface area contributed by atoms with Gasteiger partial charge < -0.3 is 5.32 Å². The Kier molecular flexibility index (Phi) is 6.13. The molecule has 1 aliphatic rings. The first-order valence-electron chi connectivity index (χ1n) is 7.14. The number of nitrogens with one attached hydrogen (secondary N) is 1. The van der Waals surface area contributed by atoms with Crippen LogP contribution in [-0.2, 0) is 9.84 Å². The third-order valence-electron chi connectivity index (χ3n) is 4.35. The first-order chi connectivity index (χ1) is 9.82. The van der Waals surface area contributed by atoms with Gasteiger partial charge in [-0.05, 0) is 78.6 Å². The van der Waals surface area contributed by atoms with E-state index in [4.69, 9.17) is 0 Å². The van der Waals surface area contributed by atoms with E-state index in [1.807, 2.05) is 13.1 Å². The van der Waals surface area contributed by atoms with Crippen LogP contribution in [0.5, 0.6) is 0 Å². The molecule has 21 heavy (non-hydrogen) atoms. The molecule has 6 heteroatoms. The third-order valence-corrected chi connectivity index (χ3v) is 7.46. The number of sulfone groups is 1. The van der Waals surface area contributed by atoms with Gasteiger partial charge in [-0.25, -0.2) is 8.42 Å². The molecule has 0 saturated heterocycles. The monoisotopic (exact) mass is 485 g/mol. The molecule has 1 N–H and O–H groups in total. The van der Waals surface area contributed by atoms with E-state index >= 15 is 0 Å². The summed E-state index contributed by atoms with van der Waals surface area (Å²) in [7, 11) is -0.976. The van der Waals surface area contributed by atoms with Crippen LogP contribution in [0.15, 0.2) is 22.7 Å². The molecule has 0 radical (unpaired) electrons. The molecule has 0 aromatic heterocycles. The summed E-state index contributed by atoms with van der Waals surface area (Å²) in [4.78, 5) is 0. The van der Waals surface area contributed by atoms with E-state index < -0.39 is 9.84 Å². The van der Waals surface area contributed by atoms with Crippen molar-refractivity contribution in [1.29, 1.82) is 0 Å². The molecule has 0 heterocycles. The quantitative estimate of drug-likeness (QED) is 0.657.